The summed E-state index contributed by atoms with van der Waals surface area (Å²) >= 11 is 0. The fraction of sp³-hybridized carbons (Fsp3) is 0.889. The van der Waals surface area contributed by atoms with Crippen LogP contribution in [-0.4, -0.2) is 42.3 Å². The van der Waals surface area contributed by atoms with Crippen LogP contribution in [0.25, 0.3) is 0 Å². The maximum absolute atomic E-state index is 11.9. The Balaban J connectivity index is 3.80. The fourth-order valence-electron chi connectivity index (χ4n) is 1.23. The summed E-state index contributed by atoms with van der Waals surface area (Å²) in [5.74, 6) is -0.432. The molecule has 0 aromatic carbocycles. The molecule has 0 heterocycles. The zero-order valence-corrected chi connectivity index (χ0v) is 8.29. The van der Waals surface area contributed by atoms with Crippen molar-refractivity contribution in [1.82, 2.24) is 4.90 Å². The van der Waals surface area contributed by atoms with Gasteiger partial charge in [0.05, 0.1) is 13.2 Å². The molecule has 0 spiro atoms. The molecule has 0 saturated heterocycles. The molecule has 0 aliphatic rings. The topological polar surface area (TPSA) is 40.5 Å². The summed E-state index contributed by atoms with van der Waals surface area (Å²) in [5.41, 5.74) is 0. The Labute approximate surface area is 78.5 Å². The average molecular weight is 191 g/mol. The molecule has 3 nitrogen and oxygen atoms in total. The Hall–Kier alpha value is -0.640. The van der Waals surface area contributed by atoms with Crippen LogP contribution in [0, 0.1) is 5.92 Å². The molecule has 0 aliphatic carbocycles. The maximum Gasteiger partial charge on any atom is 0.317 e. The standard InChI is InChI=1S/C9H18FNO2/c1-8(2)6-11(5-3-4-10)7-9(12)13/h8H,3-7H2,1-2H3,(H,12,13). The first-order chi connectivity index (χ1) is 6.06. The van der Waals surface area contributed by atoms with Crippen molar-refractivity contribution in [2.75, 3.05) is 26.3 Å². The number of hydrogen-bond acceptors (Lipinski definition) is 2. The summed E-state index contributed by atoms with van der Waals surface area (Å²) < 4.78 is 11.9. The van der Waals surface area contributed by atoms with Crippen LogP contribution in [0.5, 0.6) is 0 Å². The van der Waals surface area contributed by atoms with Gasteiger partial charge in [0.15, 0.2) is 0 Å². The minimum Gasteiger partial charge on any atom is -0.480 e. The lowest BCUT2D eigenvalue weighted by Gasteiger charge is -2.21. The molecule has 0 bridgehead atoms. The van der Waals surface area contributed by atoms with E-state index in [1.54, 1.807) is 4.90 Å². The van der Waals surface area contributed by atoms with Gasteiger partial charge in [-0.25, -0.2) is 0 Å². The van der Waals surface area contributed by atoms with Gasteiger partial charge in [-0.1, -0.05) is 13.8 Å². The van der Waals surface area contributed by atoms with Gasteiger partial charge in [-0.15, -0.1) is 0 Å². The lowest BCUT2D eigenvalue weighted by molar-refractivity contribution is -0.138. The Morgan fingerprint density at radius 2 is 2.15 bits per heavy atom. The molecule has 0 atom stereocenters. The Kier molecular flexibility index (Phi) is 6.49. The molecule has 0 aromatic heterocycles. The Bertz CT molecular complexity index is 151. The van der Waals surface area contributed by atoms with Crippen molar-refractivity contribution in [1.29, 1.82) is 0 Å². The van der Waals surface area contributed by atoms with Crippen LogP contribution in [-0.2, 0) is 4.79 Å². The monoisotopic (exact) mass is 191 g/mol. The summed E-state index contributed by atoms with van der Waals surface area (Å²) in [6.45, 7) is 4.91. The van der Waals surface area contributed by atoms with E-state index in [1.807, 2.05) is 13.8 Å². The molecule has 1 N–H and O–H groups in total. The molecule has 0 aliphatic heterocycles. The number of carboxylic acids is 1. The number of rotatable bonds is 7. The number of halogens is 1. The highest BCUT2D eigenvalue weighted by Gasteiger charge is 2.10. The number of nitrogens with zero attached hydrogens (tertiary/aromatic N) is 1. The Morgan fingerprint density at radius 3 is 2.54 bits per heavy atom. The molecule has 13 heavy (non-hydrogen) atoms. The van der Waals surface area contributed by atoms with Crippen LogP contribution in [0.1, 0.15) is 20.3 Å². The van der Waals surface area contributed by atoms with E-state index in [-0.39, 0.29) is 13.2 Å². The van der Waals surface area contributed by atoms with Crippen molar-refractivity contribution in [2.45, 2.75) is 20.3 Å². The van der Waals surface area contributed by atoms with Gasteiger partial charge in [0.2, 0.25) is 0 Å². The third-order valence-corrected chi connectivity index (χ3v) is 1.59. The smallest absolute Gasteiger partial charge is 0.317 e. The van der Waals surface area contributed by atoms with E-state index < -0.39 is 5.97 Å². The van der Waals surface area contributed by atoms with Gasteiger partial charge in [0, 0.05) is 13.1 Å². The number of carbonyl (C=O) groups is 1. The second-order valence-electron chi connectivity index (χ2n) is 3.57. The number of alkyl halides is 1. The predicted octanol–water partition coefficient (Wildman–Crippen LogP) is 1.39. The Morgan fingerprint density at radius 1 is 1.54 bits per heavy atom. The molecule has 0 rings (SSSR count). The molecule has 0 radical (unpaired) electrons. The van der Waals surface area contributed by atoms with Crippen LogP contribution < -0.4 is 0 Å². The van der Waals surface area contributed by atoms with Crippen LogP contribution in [0.2, 0.25) is 0 Å². The van der Waals surface area contributed by atoms with E-state index in [4.69, 9.17) is 5.11 Å². The van der Waals surface area contributed by atoms with Crippen molar-refractivity contribution in [3.63, 3.8) is 0 Å². The van der Waals surface area contributed by atoms with Gasteiger partial charge in [0.25, 0.3) is 0 Å². The first kappa shape index (κ1) is 12.4. The quantitative estimate of drug-likeness (QED) is 0.661. The summed E-state index contributed by atoms with van der Waals surface area (Å²) in [6, 6.07) is 0. The molecular weight excluding hydrogens is 173 g/mol. The molecular formula is C9H18FNO2. The van der Waals surface area contributed by atoms with Crippen molar-refractivity contribution in [2.24, 2.45) is 5.92 Å². The zero-order valence-electron chi connectivity index (χ0n) is 8.29. The molecule has 0 amide bonds. The third-order valence-electron chi connectivity index (χ3n) is 1.59. The van der Waals surface area contributed by atoms with Crippen LogP contribution in [0.3, 0.4) is 0 Å². The van der Waals surface area contributed by atoms with Gasteiger partial charge >= 0.3 is 5.97 Å². The van der Waals surface area contributed by atoms with E-state index in [0.717, 1.165) is 0 Å². The van der Waals surface area contributed by atoms with E-state index in [1.165, 1.54) is 0 Å². The van der Waals surface area contributed by atoms with Gasteiger partial charge in [-0.3, -0.25) is 14.1 Å². The predicted molar refractivity (Wildman–Crippen MR) is 49.5 cm³/mol. The zero-order chi connectivity index (χ0) is 10.3. The fourth-order valence-corrected chi connectivity index (χ4v) is 1.23. The molecule has 0 saturated carbocycles. The summed E-state index contributed by atoms with van der Waals surface area (Å²) in [4.78, 5) is 12.2. The van der Waals surface area contributed by atoms with Crippen LogP contribution in [0.15, 0.2) is 0 Å². The van der Waals surface area contributed by atoms with Crippen LogP contribution in [0.4, 0.5) is 4.39 Å². The summed E-state index contributed by atoms with van der Waals surface area (Å²) in [7, 11) is 0. The number of carboxylic acid groups (broad SMARTS) is 1. The van der Waals surface area contributed by atoms with E-state index in [0.29, 0.717) is 25.4 Å². The number of aliphatic carboxylic acids is 1. The molecule has 0 fully saturated rings. The van der Waals surface area contributed by atoms with Gasteiger partial charge in [0.1, 0.15) is 0 Å². The van der Waals surface area contributed by atoms with Crippen molar-refractivity contribution in [3.05, 3.63) is 0 Å². The highest BCUT2D eigenvalue weighted by molar-refractivity contribution is 5.69. The molecule has 0 unspecified atom stereocenters. The highest BCUT2D eigenvalue weighted by Crippen LogP contribution is 1.99. The number of hydrogen-bond donors (Lipinski definition) is 1. The van der Waals surface area contributed by atoms with Gasteiger partial charge in [-0.2, -0.15) is 0 Å². The highest BCUT2D eigenvalue weighted by atomic mass is 19.1. The van der Waals surface area contributed by atoms with E-state index in [2.05, 4.69) is 0 Å². The average Bonchev–Trinajstić information content (AvgIpc) is 1.98. The first-order valence-corrected chi connectivity index (χ1v) is 4.56. The van der Waals surface area contributed by atoms with E-state index in [9.17, 15) is 9.18 Å². The minimum absolute atomic E-state index is 0.0121. The largest absolute Gasteiger partial charge is 0.480 e. The van der Waals surface area contributed by atoms with Gasteiger partial charge < -0.3 is 5.11 Å². The lowest BCUT2D eigenvalue weighted by atomic mass is 10.2. The molecule has 4 heteroatoms. The van der Waals surface area contributed by atoms with Gasteiger partial charge in [-0.05, 0) is 12.3 Å². The van der Waals surface area contributed by atoms with Crippen molar-refractivity contribution < 1.29 is 14.3 Å². The normalized spacial score (nSPS) is 11.2. The molecule has 78 valence electrons. The van der Waals surface area contributed by atoms with E-state index >= 15 is 0 Å². The maximum atomic E-state index is 11.9. The molecule has 0 aromatic rings. The third kappa shape index (κ3) is 7.71. The summed E-state index contributed by atoms with van der Waals surface area (Å²) in [5, 5.41) is 8.56. The summed E-state index contributed by atoms with van der Waals surface area (Å²) in [6.07, 6.45) is 0.417. The minimum atomic E-state index is -0.848. The van der Waals surface area contributed by atoms with Crippen molar-refractivity contribution in [3.8, 4) is 0 Å². The van der Waals surface area contributed by atoms with Crippen molar-refractivity contribution >= 4 is 5.97 Å². The lowest BCUT2D eigenvalue weighted by Crippen LogP contribution is -2.34. The second kappa shape index (κ2) is 6.83. The first-order valence-electron chi connectivity index (χ1n) is 4.56. The second-order valence-corrected chi connectivity index (χ2v) is 3.57. The SMILES string of the molecule is CC(C)CN(CCCF)CC(=O)O. The van der Waals surface area contributed by atoms with Crippen LogP contribution >= 0.6 is 0 Å².